The number of carbonyl (C=O) groups is 2. The summed E-state index contributed by atoms with van der Waals surface area (Å²) in [6.07, 6.45) is 0.271. The number of primary amides is 1. The second-order valence-corrected chi connectivity index (χ2v) is 3.08. The average Bonchev–Trinajstić information content (AvgIpc) is 2.02. The maximum atomic E-state index is 11.0. The molecule has 0 aliphatic heterocycles. The predicted octanol–water partition coefficient (Wildman–Crippen LogP) is 0.553. The van der Waals surface area contributed by atoms with E-state index in [1.807, 2.05) is 0 Å². The van der Waals surface area contributed by atoms with Gasteiger partial charge in [0, 0.05) is 18.5 Å². The summed E-state index contributed by atoms with van der Waals surface area (Å²) in [5, 5.41) is 2.40. The number of hydrogen-bond donors (Lipinski definition) is 2. The van der Waals surface area contributed by atoms with E-state index in [1.165, 1.54) is 0 Å². The van der Waals surface area contributed by atoms with E-state index < -0.39 is 12.0 Å². The lowest BCUT2D eigenvalue weighted by atomic mass is 10.3. The van der Waals surface area contributed by atoms with E-state index in [-0.39, 0.29) is 6.10 Å². The molecule has 2 amide bonds. The van der Waals surface area contributed by atoms with Gasteiger partial charge in [-0.3, -0.25) is 0 Å². The van der Waals surface area contributed by atoms with Crippen LogP contribution in [0.5, 0.6) is 0 Å². The van der Waals surface area contributed by atoms with Crippen LogP contribution in [-0.4, -0.2) is 24.6 Å². The first-order chi connectivity index (χ1) is 6.43. The fraction of sp³-hybridized carbons (Fsp3) is 0.556. The molecule has 5 nitrogen and oxygen atoms in total. The van der Waals surface area contributed by atoms with Crippen molar-refractivity contribution in [3.8, 4) is 0 Å². The average molecular weight is 200 g/mol. The predicted molar refractivity (Wildman–Crippen MR) is 52.6 cm³/mol. The molecule has 0 spiro atoms. The fourth-order valence-electron chi connectivity index (χ4n) is 0.741. The van der Waals surface area contributed by atoms with Crippen LogP contribution in [0.25, 0.3) is 0 Å². The van der Waals surface area contributed by atoms with Crippen molar-refractivity contribution in [3.63, 3.8) is 0 Å². The molecule has 1 atom stereocenters. The van der Waals surface area contributed by atoms with Gasteiger partial charge in [-0.05, 0) is 13.8 Å². The molecule has 0 heterocycles. The quantitative estimate of drug-likeness (QED) is 0.502. The lowest BCUT2D eigenvalue weighted by Gasteiger charge is -2.12. The lowest BCUT2D eigenvalue weighted by molar-refractivity contribution is -0.143. The second-order valence-electron chi connectivity index (χ2n) is 3.08. The number of amides is 2. The van der Waals surface area contributed by atoms with Crippen LogP contribution in [0.15, 0.2) is 12.2 Å². The summed E-state index contributed by atoms with van der Waals surface area (Å²) in [5.41, 5.74) is 5.22. The van der Waals surface area contributed by atoms with E-state index in [1.54, 1.807) is 13.8 Å². The van der Waals surface area contributed by atoms with Crippen molar-refractivity contribution in [2.45, 2.75) is 26.4 Å². The molecule has 0 aliphatic carbocycles. The minimum atomic E-state index is -0.580. The van der Waals surface area contributed by atoms with Crippen LogP contribution in [0.2, 0.25) is 0 Å². The maximum Gasteiger partial charge on any atom is 0.333 e. The van der Waals surface area contributed by atoms with Crippen molar-refractivity contribution in [2.75, 3.05) is 6.54 Å². The van der Waals surface area contributed by atoms with Crippen molar-refractivity contribution in [1.29, 1.82) is 0 Å². The Balaban J connectivity index is 3.65. The normalized spacial score (nSPS) is 11.6. The van der Waals surface area contributed by atoms with Gasteiger partial charge in [0.05, 0.1) is 0 Å². The van der Waals surface area contributed by atoms with Gasteiger partial charge in [0.2, 0.25) is 0 Å². The highest BCUT2D eigenvalue weighted by molar-refractivity contribution is 5.87. The Morgan fingerprint density at radius 3 is 2.57 bits per heavy atom. The number of rotatable bonds is 5. The van der Waals surface area contributed by atoms with Gasteiger partial charge in [0.1, 0.15) is 6.10 Å². The maximum absolute atomic E-state index is 11.0. The van der Waals surface area contributed by atoms with E-state index in [0.29, 0.717) is 18.5 Å². The zero-order chi connectivity index (χ0) is 11.1. The molecule has 5 heteroatoms. The highest BCUT2D eigenvalue weighted by atomic mass is 16.5. The zero-order valence-electron chi connectivity index (χ0n) is 8.50. The van der Waals surface area contributed by atoms with Gasteiger partial charge in [0.25, 0.3) is 0 Å². The molecular formula is C9H16N2O3. The number of hydrogen-bond acceptors (Lipinski definition) is 3. The van der Waals surface area contributed by atoms with Crippen molar-refractivity contribution >= 4 is 12.0 Å². The van der Waals surface area contributed by atoms with Crippen LogP contribution in [0, 0.1) is 0 Å². The van der Waals surface area contributed by atoms with Gasteiger partial charge in [0.15, 0.2) is 0 Å². The molecule has 1 unspecified atom stereocenters. The third kappa shape index (κ3) is 6.05. The molecule has 0 saturated carbocycles. The largest absolute Gasteiger partial charge is 0.459 e. The second kappa shape index (κ2) is 6.01. The third-order valence-electron chi connectivity index (χ3n) is 1.51. The highest BCUT2D eigenvalue weighted by Gasteiger charge is 2.09. The first kappa shape index (κ1) is 12.5. The molecule has 0 aromatic rings. The summed E-state index contributed by atoms with van der Waals surface area (Å²) in [5.74, 6) is -0.420. The molecule has 0 aromatic carbocycles. The molecule has 0 fully saturated rings. The van der Waals surface area contributed by atoms with Gasteiger partial charge in [-0.1, -0.05) is 6.58 Å². The Morgan fingerprint density at radius 1 is 1.57 bits per heavy atom. The Labute approximate surface area is 83.3 Å². The first-order valence-electron chi connectivity index (χ1n) is 4.33. The fourth-order valence-corrected chi connectivity index (χ4v) is 0.741. The summed E-state index contributed by atoms with van der Waals surface area (Å²) >= 11 is 0. The monoisotopic (exact) mass is 200 g/mol. The minimum absolute atomic E-state index is 0.258. The molecule has 80 valence electrons. The Hall–Kier alpha value is -1.52. The molecule has 0 aliphatic rings. The molecule has 14 heavy (non-hydrogen) atoms. The van der Waals surface area contributed by atoms with Gasteiger partial charge in [-0.2, -0.15) is 0 Å². The van der Waals surface area contributed by atoms with Crippen LogP contribution in [0.4, 0.5) is 4.79 Å². The number of carbonyl (C=O) groups excluding carboxylic acids is 2. The Kier molecular flexibility index (Phi) is 5.36. The number of ether oxygens (including phenoxy) is 1. The Bertz CT molecular complexity index is 238. The zero-order valence-corrected chi connectivity index (χ0v) is 8.50. The highest BCUT2D eigenvalue weighted by Crippen LogP contribution is 2.01. The van der Waals surface area contributed by atoms with E-state index in [2.05, 4.69) is 11.9 Å². The summed E-state index contributed by atoms with van der Waals surface area (Å²) < 4.78 is 4.96. The molecule has 0 bridgehead atoms. The minimum Gasteiger partial charge on any atom is -0.459 e. The van der Waals surface area contributed by atoms with Gasteiger partial charge >= 0.3 is 12.0 Å². The van der Waals surface area contributed by atoms with E-state index in [4.69, 9.17) is 10.5 Å². The molecule has 0 saturated heterocycles. The van der Waals surface area contributed by atoms with Crippen LogP contribution in [-0.2, 0) is 9.53 Å². The number of nitrogens with one attached hydrogen (secondary N) is 1. The molecular weight excluding hydrogens is 184 g/mol. The van der Waals surface area contributed by atoms with Gasteiger partial charge in [-0.15, -0.1) is 0 Å². The summed E-state index contributed by atoms with van der Waals surface area (Å²) in [6.45, 7) is 7.16. The van der Waals surface area contributed by atoms with E-state index in [0.717, 1.165) is 0 Å². The standard InChI is InChI=1S/C9H16N2O3/c1-6(2)8(12)14-7(3)4-5-11-9(10)13/h7H,1,4-5H2,2-3H3,(H3,10,11,13). The van der Waals surface area contributed by atoms with Crippen molar-refractivity contribution in [1.82, 2.24) is 5.32 Å². The number of esters is 1. The molecule has 0 radical (unpaired) electrons. The van der Waals surface area contributed by atoms with Crippen LogP contribution in [0.3, 0.4) is 0 Å². The van der Waals surface area contributed by atoms with E-state index >= 15 is 0 Å². The third-order valence-corrected chi connectivity index (χ3v) is 1.51. The summed E-state index contributed by atoms with van der Waals surface area (Å²) in [4.78, 5) is 21.3. The van der Waals surface area contributed by atoms with Crippen LogP contribution < -0.4 is 11.1 Å². The van der Waals surface area contributed by atoms with Crippen molar-refractivity contribution in [2.24, 2.45) is 5.73 Å². The van der Waals surface area contributed by atoms with Crippen LogP contribution >= 0.6 is 0 Å². The van der Waals surface area contributed by atoms with Gasteiger partial charge in [-0.25, -0.2) is 9.59 Å². The summed E-state index contributed by atoms with van der Waals surface area (Å²) in [6, 6.07) is -0.580. The molecule has 3 N–H and O–H groups in total. The molecule has 0 rings (SSSR count). The van der Waals surface area contributed by atoms with E-state index in [9.17, 15) is 9.59 Å². The SMILES string of the molecule is C=C(C)C(=O)OC(C)CCNC(N)=O. The van der Waals surface area contributed by atoms with Crippen molar-refractivity contribution in [3.05, 3.63) is 12.2 Å². The lowest BCUT2D eigenvalue weighted by Crippen LogP contribution is -2.32. The smallest absolute Gasteiger partial charge is 0.333 e. The molecule has 0 aromatic heterocycles. The topological polar surface area (TPSA) is 81.4 Å². The number of nitrogens with two attached hydrogens (primary N) is 1. The first-order valence-corrected chi connectivity index (χ1v) is 4.33. The van der Waals surface area contributed by atoms with Gasteiger partial charge < -0.3 is 15.8 Å². The van der Waals surface area contributed by atoms with Crippen LogP contribution in [0.1, 0.15) is 20.3 Å². The summed E-state index contributed by atoms with van der Waals surface area (Å²) in [7, 11) is 0. The number of urea groups is 1. The van der Waals surface area contributed by atoms with Crippen molar-refractivity contribution < 1.29 is 14.3 Å². The Morgan fingerprint density at radius 2 is 2.14 bits per heavy atom.